The van der Waals surface area contributed by atoms with E-state index in [4.69, 9.17) is 0 Å². The minimum atomic E-state index is -0.219. The van der Waals surface area contributed by atoms with Crippen LogP contribution < -0.4 is 5.43 Å². The molecule has 0 aliphatic carbocycles. The van der Waals surface area contributed by atoms with Gasteiger partial charge in [-0.25, -0.2) is 9.07 Å². The smallest absolute Gasteiger partial charge is 0.210 e. The van der Waals surface area contributed by atoms with Gasteiger partial charge in [0, 0.05) is 11.7 Å². The van der Waals surface area contributed by atoms with Gasteiger partial charge in [-0.1, -0.05) is 30.8 Å². The van der Waals surface area contributed by atoms with Crippen LogP contribution in [0.5, 0.6) is 0 Å². The van der Waals surface area contributed by atoms with E-state index in [1.54, 1.807) is 23.9 Å². The third kappa shape index (κ3) is 2.45. The van der Waals surface area contributed by atoms with E-state index in [9.17, 15) is 4.39 Å². The Labute approximate surface area is 115 Å². The Morgan fingerprint density at radius 1 is 1.26 bits per heavy atom. The van der Waals surface area contributed by atoms with Gasteiger partial charge in [0.25, 0.3) is 0 Å². The van der Waals surface area contributed by atoms with Crippen molar-refractivity contribution >= 4 is 11.8 Å². The Bertz CT molecular complexity index is 581. The molecule has 0 amide bonds. The molecule has 1 N–H and O–H groups in total. The second-order valence-electron chi connectivity index (χ2n) is 4.78. The van der Waals surface area contributed by atoms with Crippen molar-refractivity contribution in [2.45, 2.75) is 36.7 Å². The van der Waals surface area contributed by atoms with E-state index in [-0.39, 0.29) is 5.82 Å². The Morgan fingerprint density at radius 3 is 2.74 bits per heavy atom. The van der Waals surface area contributed by atoms with Gasteiger partial charge in [-0.15, -0.1) is 10.2 Å². The third-order valence-corrected chi connectivity index (χ3v) is 4.56. The lowest BCUT2D eigenvalue weighted by atomic mass is 10.1. The predicted molar refractivity (Wildman–Crippen MR) is 73.4 cm³/mol. The Kier molecular flexibility index (Phi) is 3.18. The van der Waals surface area contributed by atoms with Gasteiger partial charge in [0.1, 0.15) is 5.82 Å². The van der Waals surface area contributed by atoms with Gasteiger partial charge in [-0.2, -0.15) is 0 Å². The molecule has 2 unspecified atom stereocenters. The van der Waals surface area contributed by atoms with Crippen molar-refractivity contribution in [3.05, 3.63) is 41.5 Å². The van der Waals surface area contributed by atoms with Gasteiger partial charge in [-0.05, 0) is 24.6 Å². The van der Waals surface area contributed by atoms with Crippen LogP contribution in [-0.4, -0.2) is 26.2 Å². The van der Waals surface area contributed by atoms with Gasteiger partial charge in [0.05, 0.1) is 6.04 Å². The minimum Gasteiger partial charge on any atom is -0.318 e. The fourth-order valence-corrected chi connectivity index (χ4v) is 2.93. The lowest BCUT2D eigenvalue weighted by Crippen LogP contribution is -2.38. The van der Waals surface area contributed by atoms with Crippen LogP contribution in [0.4, 0.5) is 4.39 Å². The summed E-state index contributed by atoms with van der Waals surface area (Å²) in [5.74, 6) is 0.635. The van der Waals surface area contributed by atoms with Crippen molar-refractivity contribution in [3.63, 3.8) is 0 Å². The molecule has 1 aliphatic heterocycles. The van der Waals surface area contributed by atoms with Crippen LogP contribution in [0.1, 0.15) is 25.2 Å². The number of hydrogen-bond donors (Lipinski definition) is 1. The highest BCUT2D eigenvalue weighted by Crippen LogP contribution is 2.28. The molecular weight excluding hydrogens is 263 g/mol. The van der Waals surface area contributed by atoms with Crippen LogP contribution in [0.25, 0.3) is 0 Å². The lowest BCUT2D eigenvalue weighted by Gasteiger charge is -2.28. The summed E-state index contributed by atoms with van der Waals surface area (Å²) in [7, 11) is 0. The van der Waals surface area contributed by atoms with E-state index >= 15 is 0 Å². The number of nitrogens with one attached hydrogen (secondary N) is 1. The summed E-state index contributed by atoms with van der Waals surface area (Å²) in [6.45, 7) is 4.31. The van der Waals surface area contributed by atoms with Gasteiger partial charge in [-0.3, -0.25) is 0 Å². The maximum Gasteiger partial charge on any atom is 0.210 e. The van der Waals surface area contributed by atoms with Crippen LogP contribution in [0.2, 0.25) is 0 Å². The Morgan fingerprint density at radius 2 is 2.00 bits per heavy atom. The molecule has 6 heteroatoms. The van der Waals surface area contributed by atoms with Gasteiger partial charge in [0.15, 0.2) is 5.82 Å². The number of nitrogens with zero attached hydrogens (tertiary/aromatic N) is 3. The number of rotatable bonds is 2. The number of benzene rings is 1. The Balaban J connectivity index is 1.85. The molecule has 0 saturated carbocycles. The summed E-state index contributed by atoms with van der Waals surface area (Å²) in [6.07, 6.45) is 0.641. The average molecular weight is 278 g/mol. The number of fused-ring (bicyclic) bond motifs is 1. The molecule has 2 aromatic rings. The van der Waals surface area contributed by atoms with Crippen molar-refractivity contribution in [1.29, 1.82) is 0 Å². The molecule has 0 spiro atoms. The zero-order valence-electron chi connectivity index (χ0n) is 10.8. The van der Waals surface area contributed by atoms with Crippen molar-refractivity contribution < 1.29 is 4.39 Å². The zero-order chi connectivity index (χ0) is 13.4. The highest BCUT2D eigenvalue weighted by molar-refractivity contribution is 7.99. The van der Waals surface area contributed by atoms with E-state index in [0.29, 0.717) is 17.7 Å². The second kappa shape index (κ2) is 4.85. The van der Waals surface area contributed by atoms with Gasteiger partial charge >= 0.3 is 0 Å². The fourth-order valence-electron chi connectivity index (χ4n) is 1.98. The molecule has 1 aromatic heterocycles. The van der Waals surface area contributed by atoms with Gasteiger partial charge < -0.3 is 5.43 Å². The quantitative estimate of drug-likeness (QED) is 0.916. The van der Waals surface area contributed by atoms with Crippen LogP contribution in [0.15, 0.2) is 29.4 Å². The van der Waals surface area contributed by atoms with E-state index < -0.39 is 0 Å². The van der Waals surface area contributed by atoms with Gasteiger partial charge in [0.2, 0.25) is 5.16 Å². The molecule has 0 saturated heterocycles. The first kappa shape index (κ1) is 12.5. The maximum absolute atomic E-state index is 12.9. The summed E-state index contributed by atoms with van der Waals surface area (Å²) >= 11 is 1.72. The number of halogens is 1. The molecule has 0 bridgehead atoms. The summed E-state index contributed by atoms with van der Waals surface area (Å²) in [5.41, 5.74) is 4.41. The summed E-state index contributed by atoms with van der Waals surface area (Å²) in [4.78, 5) is 0. The summed E-state index contributed by atoms with van der Waals surface area (Å²) in [5, 5.41) is 9.77. The second-order valence-corrected chi connectivity index (χ2v) is 6.12. The minimum absolute atomic E-state index is 0.219. The predicted octanol–water partition coefficient (Wildman–Crippen LogP) is 2.43. The molecule has 100 valence electrons. The first-order valence-electron chi connectivity index (χ1n) is 6.25. The molecule has 0 fully saturated rings. The van der Waals surface area contributed by atoms with E-state index in [0.717, 1.165) is 16.5 Å². The number of aromatic nitrogens is 3. The number of hydrogen-bond acceptors (Lipinski definition) is 4. The van der Waals surface area contributed by atoms with Crippen LogP contribution in [0.3, 0.4) is 0 Å². The van der Waals surface area contributed by atoms with Crippen molar-refractivity contribution in [1.82, 2.24) is 14.9 Å². The average Bonchev–Trinajstić information content (AvgIpc) is 2.76. The first-order chi connectivity index (χ1) is 9.13. The maximum atomic E-state index is 12.9. The SMILES string of the molecule is CC1Nn2c(Cc3ccc(F)cc3)nnc2SC1C. The molecule has 4 nitrogen and oxygen atoms in total. The molecule has 0 radical (unpaired) electrons. The third-order valence-electron chi connectivity index (χ3n) is 3.30. The lowest BCUT2D eigenvalue weighted by molar-refractivity contribution is 0.600. The van der Waals surface area contributed by atoms with E-state index in [1.807, 2.05) is 4.68 Å². The van der Waals surface area contributed by atoms with Crippen molar-refractivity contribution in [3.8, 4) is 0 Å². The molecule has 2 atom stereocenters. The molecule has 19 heavy (non-hydrogen) atoms. The molecular formula is C13H15FN4S. The molecule has 1 aliphatic rings. The molecule has 2 heterocycles. The van der Waals surface area contributed by atoms with Crippen LogP contribution >= 0.6 is 11.8 Å². The summed E-state index contributed by atoms with van der Waals surface area (Å²) < 4.78 is 14.8. The highest BCUT2D eigenvalue weighted by Gasteiger charge is 2.25. The standard InChI is InChI=1S/C13H15FN4S/c1-8-9(2)19-13-16-15-12(18(13)17-8)7-10-3-5-11(14)6-4-10/h3-6,8-9,17H,7H2,1-2H3. The largest absolute Gasteiger partial charge is 0.318 e. The zero-order valence-corrected chi connectivity index (χ0v) is 11.6. The molecule has 3 rings (SSSR count). The monoisotopic (exact) mass is 278 g/mol. The van der Waals surface area contributed by atoms with Crippen molar-refractivity contribution in [2.24, 2.45) is 0 Å². The van der Waals surface area contributed by atoms with E-state index in [1.165, 1.54) is 12.1 Å². The number of thioether (sulfide) groups is 1. The topological polar surface area (TPSA) is 42.7 Å². The normalized spacial score (nSPS) is 21.8. The highest BCUT2D eigenvalue weighted by atomic mass is 32.2. The van der Waals surface area contributed by atoms with Crippen LogP contribution in [0, 0.1) is 5.82 Å². The summed E-state index contributed by atoms with van der Waals surface area (Å²) in [6, 6.07) is 6.85. The first-order valence-corrected chi connectivity index (χ1v) is 7.13. The molecule has 1 aromatic carbocycles. The Hall–Kier alpha value is -1.56. The fraction of sp³-hybridized carbons (Fsp3) is 0.385. The van der Waals surface area contributed by atoms with Crippen molar-refractivity contribution in [2.75, 3.05) is 5.43 Å². The van der Waals surface area contributed by atoms with Crippen LogP contribution in [-0.2, 0) is 6.42 Å². The van der Waals surface area contributed by atoms with E-state index in [2.05, 4.69) is 29.5 Å².